The van der Waals surface area contributed by atoms with E-state index in [4.69, 9.17) is 0 Å². The van der Waals surface area contributed by atoms with E-state index in [0.717, 1.165) is 31.2 Å². The average Bonchev–Trinajstić information content (AvgIpc) is 3.02. The minimum atomic E-state index is -0.136. The van der Waals surface area contributed by atoms with Crippen molar-refractivity contribution in [3.63, 3.8) is 0 Å². The predicted molar refractivity (Wildman–Crippen MR) is 111 cm³/mol. The molecule has 0 aliphatic heterocycles. The largest absolute Gasteiger partial charge is 0.351 e. The number of amides is 1. The number of benzene rings is 1. The maximum atomic E-state index is 12.8. The van der Waals surface area contributed by atoms with E-state index in [1.165, 1.54) is 16.9 Å². The van der Waals surface area contributed by atoms with E-state index >= 15 is 0 Å². The summed E-state index contributed by atoms with van der Waals surface area (Å²) in [5, 5.41) is 3.54. The van der Waals surface area contributed by atoms with Gasteiger partial charge in [-0.3, -0.25) is 14.2 Å². The number of aromatic nitrogens is 2. The number of rotatable bonds is 8. The van der Waals surface area contributed by atoms with Gasteiger partial charge < -0.3 is 5.32 Å². The Bertz CT molecular complexity index is 976. The third-order valence-corrected chi connectivity index (χ3v) is 5.87. The smallest absolute Gasteiger partial charge is 0.262 e. The first kappa shape index (κ1) is 19.3. The van der Waals surface area contributed by atoms with Gasteiger partial charge in [0.1, 0.15) is 4.83 Å². The zero-order chi connectivity index (χ0) is 19.2. The number of aryl methyl sites for hydroxylation is 2. The highest BCUT2D eigenvalue weighted by Gasteiger charge is 2.19. The lowest BCUT2D eigenvalue weighted by atomic mass is 10.1. The average molecular weight is 384 g/mol. The Morgan fingerprint density at radius 3 is 2.74 bits per heavy atom. The number of hydrogen-bond acceptors (Lipinski definition) is 4. The van der Waals surface area contributed by atoms with Crippen LogP contribution in [0.4, 0.5) is 0 Å². The topological polar surface area (TPSA) is 64.0 Å². The molecule has 3 rings (SSSR count). The van der Waals surface area contributed by atoms with E-state index in [-0.39, 0.29) is 11.5 Å². The first-order valence-corrected chi connectivity index (χ1v) is 10.2. The Morgan fingerprint density at radius 1 is 1.22 bits per heavy atom. The molecular formula is C21H25N3O2S. The molecule has 5 nitrogen and oxygen atoms in total. The van der Waals surface area contributed by atoms with Gasteiger partial charge in [0.05, 0.1) is 16.6 Å². The van der Waals surface area contributed by atoms with Crippen molar-refractivity contribution in [3.05, 3.63) is 63.0 Å². The quantitative estimate of drug-likeness (QED) is 0.600. The number of nitrogens with one attached hydrogen (secondary N) is 1. The molecule has 142 valence electrons. The zero-order valence-corrected chi connectivity index (χ0v) is 16.6. The molecule has 1 N–H and O–H groups in total. The van der Waals surface area contributed by atoms with Crippen molar-refractivity contribution in [2.24, 2.45) is 0 Å². The Kier molecular flexibility index (Phi) is 6.40. The van der Waals surface area contributed by atoms with Crippen LogP contribution in [0.15, 0.2) is 41.5 Å². The Labute approximate surface area is 163 Å². The van der Waals surface area contributed by atoms with Crippen LogP contribution in [-0.4, -0.2) is 22.0 Å². The van der Waals surface area contributed by atoms with Crippen LogP contribution in [0.5, 0.6) is 0 Å². The molecule has 1 aromatic carbocycles. The highest BCUT2D eigenvalue weighted by molar-refractivity contribution is 7.20. The Morgan fingerprint density at radius 2 is 2.00 bits per heavy atom. The molecule has 1 amide bonds. The zero-order valence-electron chi connectivity index (χ0n) is 15.8. The maximum absolute atomic E-state index is 12.8. The van der Waals surface area contributed by atoms with E-state index < -0.39 is 0 Å². The Hall–Kier alpha value is -2.47. The molecule has 0 radical (unpaired) electrons. The number of nitrogens with zero attached hydrogens (tertiary/aromatic N) is 2. The highest BCUT2D eigenvalue weighted by Crippen LogP contribution is 2.26. The summed E-state index contributed by atoms with van der Waals surface area (Å²) in [6.07, 6.45) is 5.53. The molecule has 0 unspecified atom stereocenters. The van der Waals surface area contributed by atoms with Crippen molar-refractivity contribution in [1.82, 2.24) is 14.9 Å². The summed E-state index contributed by atoms with van der Waals surface area (Å²) < 4.78 is 1.66. The molecule has 0 aliphatic carbocycles. The summed E-state index contributed by atoms with van der Waals surface area (Å²) in [7, 11) is 0. The number of carbonyl (C=O) groups excluding carboxylic acids is 1. The van der Waals surface area contributed by atoms with Crippen molar-refractivity contribution < 1.29 is 4.79 Å². The molecular weight excluding hydrogens is 358 g/mol. The van der Waals surface area contributed by atoms with Gasteiger partial charge in [0.25, 0.3) is 11.5 Å². The Balaban J connectivity index is 1.74. The number of fused-ring (bicyclic) bond motifs is 1. The molecule has 0 spiro atoms. The summed E-state index contributed by atoms with van der Waals surface area (Å²) >= 11 is 1.29. The lowest BCUT2D eigenvalue weighted by Gasteiger charge is -2.05. The van der Waals surface area contributed by atoms with Gasteiger partial charge in [0.15, 0.2) is 0 Å². The molecule has 27 heavy (non-hydrogen) atoms. The van der Waals surface area contributed by atoms with Crippen LogP contribution in [-0.2, 0) is 13.0 Å². The van der Waals surface area contributed by atoms with Crippen LogP contribution in [0.1, 0.15) is 47.0 Å². The molecule has 3 aromatic rings. The van der Waals surface area contributed by atoms with Crippen molar-refractivity contribution >= 4 is 27.5 Å². The van der Waals surface area contributed by atoms with E-state index in [1.807, 2.05) is 37.3 Å². The van der Waals surface area contributed by atoms with Crippen molar-refractivity contribution in [2.45, 2.75) is 46.1 Å². The summed E-state index contributed by atoms with van der Waals surface area (Å²) in [4.78, 5) is 31.0. The van der Waals surface area contributed by atoms with Gasteiger partial charge in [-0.15, -0.1) is 11.3 Å². The molecule has 0 atom stereocenters. The van der Waals surface area contributed by atoms with Crippen LogP contribution in [0.2, 0.25) is 0 Å². The van der Waals surface area contributed by atoms with Gasteiger partial charge in [0, 0.05) is 13.1 Å². The minimum Gasteiger partial charge on any atom is -0.351 e. The first-order chi connectivity index (χ1) is 13.1. The summed E-state index contributed by atoms with van der Waals surface area (Å²) in [5.41, 5.74) is 1.87. The normalized spacial score (nSPS) is 11.0. The fourth-order valence-corrected chi connectivity index (χ4v) is 4.17. The third-order valence-electron chi connectivity index (χ3n) is 4.67. The van der Waals surface area contributed by atoms with Gasteiger partial charge >= 0.3 is 0 Å². The van der Waals surface area contributed by atoms with E-state index in [9.17, 15) is 9.59 Å². The fourth-order valence-electron chi connectivity index (χ4n) is 3.11. The summed E-state index contributed by atoms with van der Waals surface area (Å²) in [6, 6.07) is 10.0. The van der Waals surface area contributed by atoms with Crippen molar-refractivity contribution in [3.8, 4) is 0 Å². The molecule has 0 saturated heterocycles. The number of hydrogen-bond donors (Lipinski definition) is 1. The summed E-state index contributed by atoms with van der Waals surface area (Å²) in [5.74, 6) is -0.136. The summed E-state index contributed by atoms with van der Waals surface area (Å²) in [6.45, 7) is 5.20. The van der Waals surface area contributed by atoms with Gasteiger partial charge in [-0.2, -0.15) is 0 Å². The van der Waals surface area contributed by atoms with Crippen LogP contribution in [0, 0.1) is 6.92 Å². The van der Waals surface area contributed by atoms with Gasteiger partial charge in [-0.25, -0.2) is 4.98 Å². The third kappa shape index (κ3) is 4.45. The van der Waals surface area contributed by atoms with E-state index in [2.05, 4.69) is 17.2 Å². The fraction of sp³-hybridized carbons (Fsp3) is 0.381. The standard InChI is InChI=1S/C21H25N3O2S/c1-3-4-8-13-24-14-23-20-17(21(24)26)15(2)18(27-20)19(25)22-12-11-16-9-6-5-7-10-16/h5-7,9-10,14H,3-4,8,11-13H2,1-2H3,(H,22,25). The van der Waals surface area contributed by atoms with Crippen molar-refractivity contribution in [2.75, 3.05) is 6.54 Å². The second-order valence-electron chi connectivity index (χ2n) is 6.68. The lowest BCUT2D eigenvalue weighted by Crippen LogP contribution is -2.25. The van der Waals surface area contributed by atoms with Gasteiger partial charge in [0.2, 0.25) is 0 Å². The van der Waals surface area contributed by atoms with Crippen LogP contribution in [0.25, 0.3) is 10.2 Å². The van der Waals surface area contributed by atoms with Gasteiger partial charge in [-0.05, 0) is 30.9 Å². The monoisotopic (exact) mass is 383 g/mol. The molecule has 6 heteroatoms. The van der Waals surface area contributed by atoms with Crippen LogP contribution >= 0.6 is 11.3 Å². The second kappa shape index (κ2) is 8.95. The number of thiophene rings is 1. The SMILES string of the molecule is CCCCCn1cnc2sc(C(=O)NCCc3ccccc3)c(C)c2c1=O. The molecule has 2 heterocycles. The van der Waals surface area contributed by atoms with Crippen LogP contribution < -0.4 is 10.9 Å². The predicted octanol–water partition coefficient (Wildman–Crippen LogP) is 3.93. The highest BCUT2D eigenvalue weighted by atomic mass is 32.1. The number of carbonyl (C=O) groups is 1. The first-order valence-electron chi connectivity index (χ1n) is 9.42. The second-order valence-corrected chi connectivity index (χ2v) is 7.68. The van der Waals surface area contributed by atoms with E-state index in [0.29, 0.717) is 28.2 Å². The van der Waals surface area contributed by atoms with Crippen LogP contribution in [0.3, 0.4) is 0 Å². The maximum Gasteiger partial charge on any atom is 0.262 e. The minimum absolute atomic E-state index is 0.0480. The molecule has 0 bridgehead atoms. The van der Waals surface area contributed by atoms with Crippen molar-refractivity contribution in [1.29, 1.82) is 0 Å². The molecule has 0 aliphatic rings. The lowest BCUT2D eigenvalue weighted by molar-refractivity contribution is 0.0957. The number of unbranched alkanes of at least 4 members (excludes halogenated alkanes) is 2. The molecule has 0 saturated carbocycles. The molecule has 2 aromatic heterocycles. The van der Waals surface area contributed by atoms with E-state index in [1.54, 1.807) is 10.9 Å². The molecule has 0 fully saturated rings. The van der Waals surface area contributed by atoms with Gasteiger partial charge in [-0.1, -0.05) is 50.1 Å².